The fourth-order valence-corrected chi connectivity index (χ4v) is 4.71. The van der Waals surface area contributed by atoms with E-state index >= 15 is 0 Å². The first-order chi connectivity index (χ1) is 15.7. The minimum absolute atomic E-state index is 0.236. The van der Waals surface area contributed by atoms with Crippen molar-refractivity contribution in [2.24, 2.45) is 5.92 Å². The molecule has 1 saturated heterocycles. The third kappa shape index (κ3) is 5.28. The third-order valence-electron chi connectivity index (χ3n) is 6.58. The molecule has 0 spiro atoms. The van der Waals surface area contributed by atoms with Gasteiger partial charge >= 0.3 is 0 Å². The van der Waals surface area contributed by atoms with Crippen molar-refractivity contribution < 1.29 is 4.79 Å². The maximum Gasteiger partial charge on any atom is 0.220 e. The molecular weight excluding hydrogens is 396 g/mol. The van der Waals surface area contributed by atoms with Crippen molar-refractivity contribution in [2.75, 3.05) is 13.1 Å². The van der Waals surface area contributed by atoms with E-state index in [2.05, 4.69) is 52.8 Å². The van der Waals surface area contributed by atoms with E-state index in [4.69, 9.17) is 5.10 Å². The number of nitrogens with one attached hydrogen (secondary N) is 1. The minimum Gasteiger partial charge on any atom is -0.353 e. The Hall–Kier alpha value is -2.92. The average Bonchev–Trinajstić information content (AvgIpc) is 3.55. The maximum atomic E-state index is 12.1. The number of hydrogen-bond donors (Lipinski definition) is 1. The number of amides is 1. The summed E-state index contributed by atoms with van der Waals surface area (Å²) in [5, 5.41) is 8.09. The molecule has 2 aliphatic rings. The van der Waals surface area contributed by atoms with Crippen LogP contribution in [0.5, 0.6) is 0 Å². The number of para-hydroxylation sites is 1. The molecule has 0 radical (unpaired) electrons. The minimum atomic E-state index is 0.236. The first kappa shape index (κ1) is 21.0. The Labute approximate surface area is 190 Å². The van der Waals surface area contributed by atoms with Gasteiger partial charge in [0.05, 0.1) is 11.4 Å². The lowest BCUT2D eigenvalue weighted by atomic mass is 9.93. The van der Waals surface area contributed by atoms with Crippen molar-refractivity contribution >= 4 is 5.91 Å². The summed E-state index contributed by atoms with van der Waals surface area (Å²) in [5.41, 5.74) is 4.55. The Kier molecular flexibility index (Phi) is 6.35. The molecule has 1 atom stereocenters. The van der Waals surface area contributed by atoms with Crippen molar-refractivity contribution in [3.8, 4) is 16.9 Å². The second-order valence-corrected chi connectivity index (χ2v) is 9.27. The molecule has 1 amide bonds. The van der Waals surface area contributed by atoms with Gasteiger partial charge in [-0.15, -0.1) is 0 Å². The number of rotatable bonds is 8. The molecule has 3 aromatic rings. The fourth-order valence-electron chi connectivity index (χ4n) is 4.71. The van der Waals surface area contributed by atoms with Crippen LogP contribution in [-0.2, 0) is 11.3 Å². The second-order valence-electron chi connectivity index (χ2n) is 9.27. The molecule has 1 N–H and O–H groups in total. The highest BCUT2D eigenvalue weighted by Gasteiger charge is 2.25. The van der Waals surface area contributed by atoms with Crippen LogP contribution in [-0.4, -0.2) is 39.7 Å². The molecular formula is C27H32N4O. The second kappa shape index (κ2) is 9.70. The number of benzene rings is 2. The van der Waals surface area contributed by atoms with Crippen molar-refractivity contribution in [3.05, 3.63) is 72.4 Å². The number of carbonyl (C=O) groups excluding carboxylic acids is 1. The molecule has 5 nitrogen and oxygen atoms in total. The number of nitrogens with zero attached hydrogens (tertiary/aromatic N) is 3. The smallest absolute Gasteiger partial charge is 0.220 e. The Morgan fingerprint density at radius 3 is 2.50 bits per heavy atom. The quantitative estimate of drug-likeness (QED) is 0.560. The molecule has 32 heavy (non-hydrogen) atoms. The van der Waals surface area contributed by atoms with Gasteiger partial charge in [0.25, 0.3) is 0 Å². The van der Waals surface area contributed by atoms with Crippen LogP contribution in [0.4, 0.5) is 0 Å². The number of aromatic nitrogens is 2. The number of carbonyl (C=O) groups is 1. The lowest BCUT2D eigenvalue weighted by Crippen LogP contribution is -2.35. The van der Waals surface area contributed by atoms with Crippen molar-refractivity contribution in [1.29, 1.82) is 0 Å². The van der Waals surface area contributed by atoms with Gasteiger partial charge in [0.15, 0.2) is 0 Å². The van der Waals surface area contributed by atoms with Crippen LogP contribution in [0.2, 0.25) is 0 Å². The van der Waals surface area contributed by atoms with E-state index < -0.39 is 0 Å². The van der Waals surface area contributed by atoms with Gasteiger partial charge in [-0.25, -0.2) is 4.68 Å². The van der Waals surface area contributed by atoms with Crippen LogP contribution < -0.4 is 5.32 Å². The molecule has 1 aromatic heterocycles. The zero-order chi connectivity index (χ0) is 21.8. The zero-order valence-electron chi connectivity index (χ0n) is 18.6. The molecule has 1 aliphatic carbocycles. The molecule has 0 bridgehead atoms. The van der Waals surface area contributed by atoms with Crippen molar-refractivity contribution in [1.82, 2.24) is 20.0 Å². The van der Waals surface area contributed by atoms with Crippen LogP contribution in [0.25, 0.3) is 16.9 Å². The molecule has 2 aromatic carbocycles. The summed E-state index contributed by atoms with van der Waals surface area (Å²) < 4.78 is 2.00. The first-order valence-corrected chi connectivity index (χ1v) is 12.0. The Morgan fingerprint density at radius 1 is 1.00 bits per heavy atom. The van der Waals surface area contributed by atoms with Gasteiger partial charge in [-0.2, -0.15) is 5.10 Å². The molecule has 1 unspecified atom stereocenters. The SMILES string of the molecule is O=C(CCC1CCCN(Cc2cn(-c3ccccc3)nc2-c2ccccc2)C1)NC1CC1. The molecule has 1 aliphatic heterocycles. The van der Waals surface area contributed by atoms with Gasteiger partial charge < -0.3 is 5.32 Å². The Bertz CT molecular complexity index is 1030. The lowest BCUT2D eigenvalue weighted by molar-refractivity contribution is -0.121. The molecule has 2 heterocycles. The predicted octanol–water partition coefficient (Wildman–Crippen LogP) is 4.81. The maximum absolute atomic E-state index is 12.1. The zero-order valence-corrected chi connectivity index (χ0v) is 18.6. The summed E-state index contributed by atoms with van der Waals surface area (Å²) in [6, 6.07) is 21.2. The predicted molar refractivity (Wildman–Crippen MR) is 127 cm³/mol. The van der Waals surface area contributed by atoms with Crippen LogP contribution in [0.3, 0.4) is 0 Å². The molecule has 5 rings (SSSR count). The van der Waals surface area contributed by atoms with Gasteiger partial charge in [0.2, 0.25) is 5.91 Å². The summed E-state index contributed by atoms with van der Waals surface area (Å²) >= 11 is 0. The monoisotopic (exact) mass is 428 g/mol. The van der Waals surface area contributed by atoms with E-state index in [1.807, 2.05) is 28.9 Å². The average molecular weight is 429 g/mol. The summed E-state index contributed by atoms with van der Waals surface area (Å²) in [5.74, 6) is 0.832. The number of piperidine rings is 1. The largest absolute Gasteiger partial charge is 0.353 e. The van der Waals surface area contributed by atoms with E-state index in [1.165, 1.54) is 18.4 Å². The summed E-state index contributed by atoms with van der Waals surface area (Å²) in [6.45, 7) is 3.05. The van der Waals surface area contributed by atoms with E-state index in [-0.39, 0.29) is 5.91 Å². The van der Waals surface area contributed by atoms with Gasteiger partial charge in [-0.3, -0.25) is 9.69 Å². The van der Waals surface area contributed by atoms with Crippen LogP contribution in [0.1, 0.15) is 44.1 Å². The Morgan fingerprint density at radius 2 is 1.75 bits per heavy atom. The van der Waals surface area contributed by atoms with Gasteiger partial charge in [0, 0.05) is 42.9 Å². The number of hydrogen-bond acceptors (Lipinski definition) is 3. The molecule has 2 fully saturated rings. The summed E-state index contributed by atoms with van der Waals surface area (Å²) in [4.78, 5) is 14.7. The third-order valence-corrected chi connectivity index (χ3v) is 6.58. The lowest BCUT2D eigenvalue weighted by Gasteiger charge is -2.32. The standard InChI is InChI=1S/C27H32N4O/c32-26(28-24-14-15-24)16-13-21-8-7-17-30(18-21)19-23-20-31(25-11-5-2-6-12-25)29-27(23)22-9-3-1-4-10-22/h1-6,9-12,20-21,24H,7-8,13-19H2,(H,28,32). The fraction of sp³-hybridized carbons (Fsp3) is 0.407. The molecule has 1 saturated carbocycles. The van der Waals surface area contributed by atoms with E-state index in [0.29, 0.717) is 18.4 Å². The Balaban J connectivity index is 1.29. The molecule has 5 heteroatoms. The first-order valence-electron chi connectivity index (χ1n) is 12.0. The van der Waals surface area contributed by atoms with E-state index in [9.17, 15) is 4.79 Å². The highest BCUT2D eigenvalue weighted by molar-refractivity contribution is 5.76. The highest BCUT2D eigenvalue weighted by Crippen LogP contribution is 2.28. The van der Waals surface area contributed by atoms with E-state index in [1.54, 1.807) is 0 Å². The van der Waals surface area contributed by atoms with Crippen molar-refractivity contribution in [2.45, 2.75) is 51.1 Å². The van der Waals surface area contributed by atoms with E-state index in [0.717, 1.165) is 55.8 Å². The van der Waals surface area contributed by atoms with Gasteiger partial charge in [-0.05, 0) is 56.7 Å². The van der Waals surface area contributed by atoms with Gasteiger partial charge in [0.1, 0.15) is 0 Å². The van der Waals surface area contributed by atoms with Gasteiger partial charge in [-0.1, -0.05) is 48.5 Å². The highest BCUT2D eigenvalue weighted by atomic mass is 16.1. The summed E-state index contributed by atoms with van der Waals surface area (Å²) in [6.07, 6.45) is 8.57. The number of likely N-dealkylation sites (tertiary alicyclic amines) is 1. The topological polar surface area (TPSA) is 50.2 Å². The normalized spacial score (nSPS) is 19.1. The van der Waals surface area contributed by atoms with Crippen LogP contribution in [0.15, 0.2) is 66.9 Å². The van der Waals surface area contributed by atoms with Crippen LogP contribution in [0, 0.1) is 5.92 Å². The molecule has 166 valence electrons. The van der Waals surface area contributed by atoms with Crippen LogP contribution >= 0.6 is 0 Å². The summed E-state index contributed by atoms with van der Waals surface area (Å²) in [7, 11) is 0. The van der Waals surface area contributed by atoms with Crippen molar-refractivity contribution in [3.63, 3.8) is 0 Å².